The molecule has 16 heavy (non-hydrogen) atoms. The third-order valence-corrected chi connectivity index (χ3v) is 2.44. The third-order valence-electron chi connectivity index (χ3n) is 1.71. The molecule has 2 N–H and O–H groups in total. The van der Waals surface area contributed by atoms with Crippen LogP contribution in [0.1, 0.15) is 5.56 Å². The number of pyridine rings is 1. The molecule has 0 unspecified atom stereocenters. The van der Waals surface area contributed by atoms with Crippen molar-refractivity contribution in [2.45, 2.75) is 0 Å². The molecule has 6 nitrogen and oxygen atoms in total. The van der Waals surface area contributed by atoms with Crippen LogP contribution in [0.15, 0.2) is 18.3 Å². The molecule has 0 aliphatic heterocycles. The molecule has 0 aliphatic carbocycles. The lowest BCUT2D eigenvalue weighted by atomic mass is 10.3. The molecule has 0 saturated heterocycles. The van der Waals surface area contributed by atoms with Gasteiger partial charge in [0.15, 0.2) is 0 Å². The van der Waals surface area contributed by atoms with Crippen LogP contribution in [-0.2, 0) is 10.0 Å². The first kappa shape index (κ1) is 12.4. The van der Waals surface area contributed by atoms with Gasteiger partial charge < -0.3 is 5.32 Å². The molecule has 1 aromatic heterocycles. The molecule has 0 atom stereocenters. The van der Waals surface area contributed by atoms with Crippen molar-refractivity contribution in [1.29, 1.82) is 5.26 Å². The molecule has 86 valence electrons. The van der Waals surface area contributed by atoms with E-state index >= 15 is 0 Å². The van der Waals surface area contributed by atoms with E-state index in [1.54, 1.807) is 18.3 Å². The van der Waals surface area contributed by atoms with Crippen LogP contribution in [0.3, 0.4) is 0 Å². The van der Waals surface area contributed by atoms with Crippen LogP contribution in [0.5, 0.6) is 0 Å². The Labute approximate surface area is 94.4 Å². The number of rotatable bonds is 5. The molecule has 0 spiro atoms. The van der Waals surface area contributed by atoms with Gasteiger partial charge >= 0.3 is 0 Å². The quantitative estimate of drug-likeness (QED) is 0.702. The molecule has 0 fully saturated rings. The first-order chi connectivity index (χ1) is 7.53. The zero-order chi connectivity index (χ0) is 12.0. The van der Waals surface area contributed by atoms with Crippen LogP contribution in [0.2, 0.25) is 0 Å². The van der Waals surface area contributed by atoms with Gasteiger partial charge in [0.2, 0.25) is 10.0 Å². The summed E-state index contributed by atoms with van der Waals surface area (Å²) in [5.41, 5.74) is 0.432. The van der Waals surface area contributed by atoms with Gasteiger partial charge in [0.25, 0.3) is 0 Å². The lowest BCUT2D eigenvalue weighted by Crippen LogP contribution is -2.27. The van der Waals surface area contributed by atoms with Crippen molar-refractivity contribution < 1.29 is 8.42 Å². The summed E-state index contributed by atoms with van der Waals surface area (Å²) in [7, 11) is -3.17. The number of nitrogens with zero attached hydrogens (tertiary/aromatic N) is 2. The van der Waals surface area contributed by atoms with Crippen molar-refractivity contribution >= 4 is 15.8 Å². The van der Waals surface area contributed by atoms with E-state index in [0.717, 1.165) is 6.26 Å². The maximum Gasteiger partial charge on any atom is 0.208 e. The summed E-state index contributed by atoms with van der Waals surface area (Å²) in [6.45, 7) is 0.624. The average molecular weight is 240 g/mol. The molecule has 0 aromatic carbocycles. The Morgan fingerprint density at radius 1 is 1.50 bits per heavy atom. The first-order valence-corrected chi connectivity index (χ1v) is 6.45. The number of hydrogen-bond acceptors (Lipinski definition) is 5. The van der Waals surface area contributed by atoms with Gasteiger partial charge in [-0.15, -0.1) is 0 Å². The summed E-state index contributed by atoms with van der Waals surface area (Å²) in [4.78, 5) is 3.97. The Morgan fingerprint density at radius 2 is 2.25 bits per heavy atom. The normalized spacial score (nSPS) is 10.8. The van der Waals surface area contributed by atoms with Gasteiger partial charge in [-0.2, -0.15) is 5.26 Å². The van der Waals surface area contributed by atoms with Gasteiger partial charge in [0.05, 0.1) is 11.8 Å². The van der Waals surface area contributed by atoms with Crippen LogP contribution in [-0.4, -0.2) is 32.7 Å². The Balaban J connectivity index is 2.47. The molecular formula is C9H12N4O2S. The average Bonchev–Trinajstić information content (AvgIpc) is 2.23. The van der Waals surface area contributed by atoms with Crippen LogP contribution in [0, 0.1) is 11.3 Å². The Kier molecular flexibility index (Phi) is 4.22. The number of hydrogen-bond donors (Lipinski definition) is 2. The van der Waals surface area contributed by atoms with E-state index in [9.17, 15) is 8.42 Å². The van der Waals surface area contributed by atoms with Crippen LogP contribution < -0.4 is 10.0 Å². The number of nitrogens with one attached hydrogen (secondary N) is 2. The highest BCUT2D eigenvalue weighted by molar-refractivity contribution is 7.88. The fourth-order valence-corrected chi connectivity index (χ4v) is 1.53. The number of anilines is 1. The smallest absolute Gasteiger partial charge is 0.208 e. The highest BCUT2D eigenvalue weighted by Crippen LogP contribution is 2.08. The van der Waals surface area contributed by atoms with Crippen molar-refractivity contribution in [3.8, 4) is 6.07 Å². The predicted molar refractivity (Wildman–Crippen MR) is 60.3 cm³/mol. The fourth-order valence-electron chi connectivity index (χ4n) is 1.05. The minimum atomic E-state index is -3.17. The van der Waals surface area contributed by atoms with Gasteiger partial charge in [-0.25, -0.2) is 18.1 Å². The zero-order valence-electron chi connectivity index (χ0n) is 8.77. The van der Waals surface area contributed by atoms with Gasteiger partial charge in [0.1, 0.15) is 11.9 Å². The summed E-state index contributed by atoms with van der Waals surface area (Å²) in [6.07, 6.45) is 2.65. The van der Waals surface area contributed by atoms with E-state index in [0.29, 0.717) is 17.9 Å². The predicted octanol–water partition coefficient (Wildman–Crippen LogP) is -0.0856. The monoisotopic (exact) mass is 240 g/mol. The van der Waals surface area contributed by atoms with E-state index in [2.05, 4.69) is 15.0 Å². The summed E-state index contributed by atoms with van der Waals surface area (Å²) < 4.78 is 23.8. The van der Waals surface area contributed by atoms with Crippen molar-refractivity contribution in [1.82, 2.24) is 9.71 Å². The van der Waals surface area contributed by atoms with E-state index < -0.39 is 10.0 Å². The second-order valence-corrected chi connectivity index (χ2v) is 4.94. The first-order valence-electron chi connectivity index (χ1n) is 4.56. The molecule has 0 radical (unpaired) electrons. The summed E-state index contributed by atoms with van der Waals surface area (Å²) in [5.74, 6) is 0.459. The minimum absolute atomic E-state index is 0.250. The maximum atomic E-state index is 10.8. The third kappa shape index (κ3) is 4.25. The Bertz CT molecular complexity index is 492. The van der Waals surface area contributed by atoms with Crippen molar-refractivity contribution in [3.63, 3.8) is 0 Å². The SMILES string of the molecule is CS(=O)(=O)NCCNc1ncccc1C#N. The molecule has 1 aromatic rings. The molecule has 7 heteroatoms. The maximum absolute atomic E-state index is 10.8. The molecule has 1 heterocycles. The number of aromatic nitrogens is 1. The van der Waals surface area contributed by atoms with Gasteiger partial charge in [-0.1, -0.05) is 0 Å². The topological polar surface area (TPSA) is 94.9 Å². The molecule has 0 amide bonds. The zero-order valence-corrected chi connectivity index (χ0v) is 9.58. The molecular weight excluding hydrogens is 228 g/mol. The minimum Gasteiger partial charge on any atom is -0.368 e. The van der Waals surface area contributed by atoms with Crippen LogP contribution >= 0.6 is 0 Å². The number of sulfonamides is 1. The van der Waals surface area contributed by atoms with Crippen molar-refractivity contribution in [3.05, 3.63) is 23.9 Å². The number of nitriles is 1. The van der Waals surface area contributed by atoms with Crippen molar-refractivity contribution in [2.75, 3.05) is 24.7 Å². The second-order valence-electron chi connectivity index (χ2n) is 3.10. The Hall–Kier alpha value is -1.65. The summed E-state index contributed by atoms with van der Waals surface area (Å²) in [5, 5.41) is 11.6. The van der Waals surface area contributed by atoms with Gasteiger partial charge in [-0.05, 0) is 12.1 Å². The fraction of sp³-hybridized carbons (Fsp3) is 0.333. The van der Waals surface area contributed by atoms with Crippen LogP contribution in [0.25, 0.3) is 0 Å². The van der Waals surface area contributed by atoms with E-state index in [1.807, 2.05) is 6.07 Å². The molecule has 0 aliphatic rings. The van der Waals surface area contributed by atoms with E-state index in [4.69, 9.17) is 5.26 Å². The lowest BCUT2D eigenvalue weighted by molar-refractivity contribution is 0.589. The highest BCUT2D eigenvalue weighted by Gasteiger charge is 2.02. The van der Waals surface area contributed by atoms with E-state index in [1.165, 1.54) is 0 Å². The standard InChI is InChI=1S/C9H12N4O2S/c1-16(14,15)13-6-5-12-9-8(7-10)3-2-4-11-9/h2-4,13H,5-6H2,1H3,(H,11,12). The summed E-state index contributed by atoms with van der Waals surface area (Å²) >= 11 is 0. The summed E-state index contributed by atoms with van der Waals surface area (Å²) in [6, 6.07) is 5.29. The van der Waals surface area contributed by atoms with E-state index in [-0.39, 0.29) is 6.54 Å². The molecule has 0 bridgehead atoms. The van der Waals surface area contributed by atoms with Gasteiger partial charge in [0, 0.05) is 19.3 Å². The lowest BCUT2D eigenvalue weighted by Gasteiger charge is -2.06. The van der Waals surface area contributed by atoms with Crippen molar-refractivity contribution in [2.24, 2.45) is 0 Å². The largest absolute Gasteiger partial charge is 0.368 e. The molecule has 1 rings (SSSR count). The Morgan fingerprint density at radius 3 is 2.88 bits per heavy atom. The highest BCUT2D eigenvalue weighted by atomic mass is 32.2. The molecule has 0 saturated carbocycles. The van der Waals surface area contributed by atoms with Crippen LogP contribution in [0.4, 0.5) is 5.82 Å². The van der Waals surface area contributed by atoms with Gasteiger partial charge in [-0.3, -0.25) is 0 Å². The second kappa shape index (κ2) is 5.44.